The summed E-state index contributed by atoms with van der Waals surface area (Å²) in [6, 6.07) is 0. The van der Waals surface area contributed by atoms with Crippen molar-refractivity contribution in [2.45, 2.75) is 76.1 Å². The van der Waals surface area contributed by atoms with Crippen molar-refractivity contribution in [3.05, 3.63) is 0 Å². The first-order chi connectivity index (χ1) is 10.9. The van der Waals surface area contributed by atoms with Crippen LogP contribution in [-0.4, -0.2) is 68.1 Å². The Morgan fingerprint density at radius 3 is 1.91 bits per heavy atom. The molecule has 0 aromatic heterocycles. The quantitative estimate of drug-likeness (QED) is 0.217. The number of hydrogen-bond donors (Lipinski definition) is 5. The molecule has 0 bridgehead atoms. The summed E-state index contributed by atoms with van der Waals surface area (Å²) in [5.74, 6) is -2.35. The zero-order valence-corrected chi connectivity index (χ0v) is 13.8. The van der Waals surface area contributed by atoms with Crippen molar-refractivity contribution < 1.29 is 35.1 Å². The molecule has 3 atom stereocenters. The van der Waals surface area contributed by atoms with E-state index >= 15 is 0 Å². The molecule has 23 heavy (non-hydrogen) atoms. The minimum absolute atomic E-state index is 0.148. The molecule has 0 fully saturated rings. The number of Topliss-reactive ketones (excluding diaryl/α,β-unsaturated/α-hetero) is 2. The van der Waals surface area contributed by atoms with Crippen LogP contribution in [-0.2, 0) is 9.59 Å². The van der Waals surface area contributed by atoms with E-state index in [2.05, 4.69) is 6.92 Å². The molecule has 7 heteroatoms. The molecule has 0 spiro atoms. The van der Waals surface area contributed by atoms with Crippen molar-refractivity contribution >= 4 is 11.6 Å². The molecule has 0 aromatic carbocycles. The zero-order chi connectivity index (χ0) is 17.9. The maximum Gasteiger partial charge on any atom is 0.212 e. The molecule has 0 saturated carbocycles. The number of carbonyl (C=O) groups is 2. The molecule has 0 aliphatic carbocycles. The van der Waals surface area contributed by atoms with Gasteiger partial charge in [0.1, 0.15) is 12.2 Å². The number of carbonyl (C=O) groups excluding carboxylic acids is 2. The number of aliphatic hydroxyl groups is 5. The van der Waals surface area contributed by atoms with Crippen LogP contribution in [0.1, 0.15) is 58.3 Å². The van der Waals surface area contributed by atoms with Gasteiger partial charge in [-0.25, -0.2) is 0 Å². The lowest BCUT2D eigenvalue weighted by Crippen LogP contribution is -2.60. The van der Waals surface area contributed by atoms with Crippen LogP contribution in [0.2, 0.25) is 0 Å². The van der Waals surface area contributed by atoms with E-state index < -0.39 is 42.6 Å². The third-order valence-corrected chi connectivity index (χ3v) is 3.94. The average Bonchev–Trinajstić information content (AvgIpc) is 2.57. The van der Waals surface area contributed by atoms with Crippen LogP contribution in [0.4, 0.5) is 0 Å². The predicted molar refractivity (Wildman–Crippen MR) is 83.8 cm³/mol. The second-order valence-corrected chi connectivity index (χ2v) is 5.82. The first kappa shape index (κ1) is 22.1. The summed E-state index contributed by atoms with van der Waals surface area (Å²) in [6.07, 6.45) is 2.42. The van der Waals surface area contributed by atoms with Crippen LogP contribution in [0, 0.1) is 0 Å². The fourth-order valence-corrected chi connectivity index (χ4v) is 2.39. The van der Waals surface area contributed by atoms with Crippen LogP contribution in [0.5, 0.6) is 0 Å². The number of hydrogen-bond acceptors (Lipinski definition) is 7. The molecule has 0 aliphatic rings. The smallest absolute Gasteiger partial charge is 0.212 e. The van der Waals surface area contributed by atoms with Gasteiger partial charge in [-0.15, -0.1) is 0 Å². The van der Waals surface area contributed by atoms with Gasteiger partial charge in [0, 0.05) is 6.42 Å². The van der Waals surface area contributed by atoms with Crippen molar-refractivity contribution in [1.82, 2.24) is 0 Å². The Hall–Kier alpha value is -0.860. The van der Waals surface area contributed by atoms with Gasteiger partial charge in [-0.05, 0) is 6.42 Å². The minimum atomic E-state index is -2.89. The molecule has 136 valence electrons. The van der Waals surface area contributed by atoms with Gasteiger partial charge in [0.25, 0.3) is 0 Å². The molecule has 0 unspecified atom stereocenters. The first-order valence-corrected chi connectivity index (χ1v) is 8.24. The van der Waals surface area contributed by atoms with Gasteiger partial charge in [0.05, 0.1) is 13.2 Å². The van der Waals surface area contributed by atoms with Crippen LogP contribution in [0.3, 0.4) is 0 Å². The molecule has 0 aliphatic heterocycles. The summed E-state index contributed by atoms with van der Waals surface area (Å²) in [5.41, 5.74) is -2.89. The number of rotatable bonds is 14. The highest BCUT2D eigenvalue weighted by Gasteiger charge is 2.51. The van der Waals surface area contributed by atoms with E-state index in [9.17, 15) is 24.9 Å². The Morgan fingerprint density at radius 2 is 1.43 bits per heavy atom. The monoisotopic (exact) mass is 334 g/mol. The summed E-state index contributed by atoms with van der Waals surface area (Å²) >= 11 is 0. The maximum atomic E-state index is 12.1. The highest BCUT2D eigenvalue weighted by Crippen LogP contribution is 2.20. The minimum Gasteiger partial charge on any atom is -0.394 e. The van der Waals surface area contributed by atoms with Gasteiger partial charge >= 0.3 is 0 Å². The van der Waals surface area contributed by atoms with Gasteiger partial charge in [-0.2, -0.15) is 0 Å². The number of aliphatic hydroxyl groups excluding tert-OH is 4. The van der Waals surface area contributed by atoms with E-state index in [-0.39, 0.29) is 6.42 Å². The van der Waals surface area contributed by atoms with Gasteiger partial charge in [-0.1, -0.05) is 45.4 Å². The molecular formula is C16H30O7. The van der Waals surface area contributed by atoms with Crippen LogP contribution < -0.4 is 0 Å². The fraction of sp³-hybridized carbons (Fsp3) is 0.875. The summed E-state index contributed by atoms with van der Waals surface area (Å²) in [6.45, 7) is 0.122. The Bertz CT molecular complexity index is 358. The normalized spacial score (nSPS) is 16.6. The third-order valence-electron chi connectivity index (χ3n) is 3.94. The topological polar surface area (TPSA) is 135 Å². The van der Waals surface area contributed by atoms with Crippen molar-refractivity contribution in [3.63, 3.8) is 0 Å². The van der Waals surface area contributed by atoms with Crippen LogP contribution in [0.25, 0.3) is 0 Å². The fourth-order valence-electron chi connectivity index (χ4n) is 2.39. The molecule has 5 N–H and O–H groups in total. The third kappa shape index (κ3) is 6.64. The standard InChI is InChI=1S/C16H30O7/c1-2-3-4-5-6-7-8-9-13(20)16(23,14(21)11-18)15(22)12(19)10-17/h12,14,17-19,21,23H,2-11H2,1H3/t12-,14+,16+/m0/s1. The summed E-state index contributed by atoms with van der Waals surface area (Å²) in [7, 11) is 0. The first-order valence-electron chi connectivity index (χ1n) is 8.24. The van der Waals surface area contributed by atoms with E-state index in [1.54, 1.807) is 0 Å². The number of ketones is 2. The van der Waals surface area contributed by atoms with Crippen molar-refractivity contribution in [1.29, 1.82) is 0 Å². The molecule has 0 aromatic rings. The molecule has 0 radical (unpaired) electrons. The SMILES string of the molecule is CCCCCCCCCC(=O)[C@](O)(C(=O)[C@@H](O)CO)[C@H](O)CO. The molecule has 0 amide bonds. The Balaban J connectivity index is 4.56. The van der Waals surface area contributed by atoms with Crippen LogP contribution in [0.15, 0.2) is 0 Å². The van der Waals surface area contributed by atoms with Crippen molar-refractivity contribution in [2.24, 2.45) is 0 Å². The van der Waals surface area contributed by atoms with E-state index in [1.807, 2.05) is 0 Å². The van der Waals surface area contributed by atoms with E-state index in [0.29, 0.717) is 6.42 Å². The largest absolute Gasteiger partial charge is 0.394 e. The van der Waals surface area contributed by atoms with Gasteiger partial charge < -0.3 is 25.5 Å². The lowest BCUT2D eigenvalue weighted by Gasteiger charge is -2.30. The molecule has 7 nitrogen and oxygen atoms in total. The zero-order valence-electron chi connectivity index (χ0n) is 13.8. The summed E-state index contributed by atoms with van der Waals surface area (Å²) in [5, 5.41) is 46.9. The Morgan fingerprint density at radius 1 is 0.913 bits per heavy atom. The summed E-state index contributed by atoms with van der Waals surface area (Å²) < 4.78 is 0. The Kier molecular flexibility index (Phi) is 11.2. The maximum absolute atomic E-state index is 12.1. The average molecular weight is 334 g/mol. The highest BCUT2D eigenvalue weighted by molar-refractivity contribution is 6.12. The Labute approximate surface area is 137 Å². The molecule has 0 heterocycles. The molecular weight excluding hydrogens is 304 g/mol. The lowest BCUT2D eigenvalue weighted by atomic mass is 9.82. The van der Waals surface area contributed by atoms with Gasteiger partial charge in [-0.3, -0.25) is 9.59 Å². The number of unbranched alkanes of at least 4 members (excludes halogenated alkanes) is 6. The van der Waals surface area contributed by atoms with Gasteiger partial charge in [0.2, 0.25) is 11.4 Å². The molecule has 0 saturated heterocycles. The van der Waals surface area contributed by atoms with Crippen molar-refractivity contribution in [2.75, 3.05) is 13.2 Å². The van der Waals surface area contributed by atoms with E-state index in [1.165, 1.54) is 0 Å². The summed E-state index contributed by atoms with van der Waals surface area (Å²) in [4.78, 5) is 24.0. The predicted octanol–water partition coefficient (Wildman–Crippen LogP) is -0.297. The lowest BCUT2D eigenvalue weighted by molar-refractivity contribution is -0.173. The van der Waals surface area contributed by atoms with Gasteiger partial charge in [0.15, 0.2) is 5.78 Å². The second kappa shape index (κ2) is 11.6. The molecule has 0 rings (SSSR count). The van der Waals surface area contributed by atoms with E-state index in [4.69, 9.17) is 10.2 Å². The van der Waals surface area contributed by atoms with E-state index in [0.717, 1.165) is 38.5 Å². The van der Waals surface area contributed by atoms with Crippen molar-refractivity contribution in [3.8, 4) is 0 Å². The highest BCUT2D eigenvalue weighted by atomic mass is 16.4. The van der Waals surface area contributed by atoms with Crippen LogP contribution >= 0.6 is 0 Å². The second-order valence-electron chi connectivity index (χ2n) is 5.82.